The number of nitrogens with two attached hydrogens (primary N) is 1. The monoisotopic (exact) mass is 232 g/mol. The topological polar surface area (TPSA) is 38.0 Å². The maximum atomic E-state index is 5.84. The fourth-order valence-electron chi connectivity index (χ4n) is 3.07. The second-order valence-electron chi connectivity index (χ2n) is 5.83. The Kier molecular flexibility index (Phi) is 3.60. The Hall–Kier alpha value is -1.18. The molecular formula is C15H24N2. The Bertz CT molecular complexity index is 377. The van der Waals surface area contributed by atoms with Crippen LogP contribution in [0, 0.1) is 18.8 Å². The van der Waals surface area contributed by atoms with Gasteiger partial charge in [-0.05, 0) is 61.8 Å². The standard InChI is InChI=1S/C15H24N2/c1-10-6-11(2)8-14(7-10)17-13-4-5-15(16)12(3)9-13/h4-5,9-11,14,17H,6-8,16H2,1-3H3. The Morgan fingerprint density at radius 1 is 1.12 bits per heavy atom. The third-order valence-electron chi connectivity index (χ3n) is 3.82. The highest BCUT2D eigenvalue weighted by atomic mass is 14.9. The zero-order valence-corrected chi connectivity index (χ0v) is 11.2. The van der Waals surface area contributed by atoms with Gasteiger partial charge in [-0.15, -0.1) is 0 Å². The van der Waals surface area contributed by atoms with E-state index in [4.69, 9.17) is 5.73 Å². The molecule has 2 rings (SSSR count). The van der Waals surface area contributed by atoms with Crippen LogP contribution in [0.4, 0.5) is 11.4 Å². The highest BCUT2D eigenvalue weighted by molar-refractivity contribution is 5.57. The van der Waals surface area contributed by atoms with E-state index < -0.39 is 0 Å². The second-order valence-corrected chi connectivity index (χ2v) is 5.83. The Morgan fingerprint density at radius 2 is 1.76 bits per heavy atom. The van der Waals surface area contributed by atoms with Gasteiger partial charge in [-0.2, -0.15) is 0 Å². The fraction of sp³-hybridized carbons (Fsp3) is 0.600. The molecular weight excluding hydrogens is 208 g/mol. The van der Waals surface area contributed by atoms with E-state index in [2.05, 4.69) is 38.2 Å². The smallest absolute Gasteiger partial charge is 0.0346 e. The average Bonchev–Trinajstić information content (AvgIpc) is 2.22. The Labute approximate surface area is 105 Å². The molecule has 17 heavy (non-hydrogen) atoms. The van der Waals surface area contributed by atoms with Gasteiger partial charge in [-0.25, -0.2) is 0 Å². The summed E-state index contributed by atoms with van der Waals surface area (Å²) in [6, 6.07) is 6.86. The summed E-state index contributed by atoms with van der Waals surface area (Å²) in [7, 11) is 0. The second kappa shape index (κ2) is 4.99. The molecule has 0 aromatic heterocycles. The molecule has 2 nitrogen and oxygen atoms in total. The van der Waals surface area contributed by atoms with Gasteiger partial charge in [0, 0.05) is 17.4 Å². The normalized spacial score (nSPS) is 29.0. The summed E-state index contributed by atoms with van der Waals surface area (Å²) in [6.45, 7) is 6.78. The van der Waals surface area contributed by atoms with Gasteiger partial charge in [0.25, 0.3) is 0 Å². The lowest BCUT2D eigenvalue weighted by molar-refractivity contribution is 0.281. The van der Waals surface area contributed by atoms with Crippen molar-refractivity contribution in [2.45, 2.75) is 46.1 Å². The third-order valence-corrected chi connectivity index (χ3v) is 3.82. The van der Waals surface area contributed by atoms with Crippen LogP contribution in [0.5, 0.6) is 0 Å². The third kappa shape index (κ3) is 3.15. The summed E-state index contributed by atoms with van der Waals surface area (Å²) in [5, 5.41) is 3.65. The van der Waals surface area contributed by atoms with Crippen molar-refractivity contribution in [1.29, 1.82) is 0 Å². The van der Waals surface area contributed by atoms with Gasteiger partial charge in [0.05, 0.1) is 0 Å². The predicted molar refractivity (Wildman–Crippen MR) is 75.2 cm³/mol. The number of hydrogen-bond acceptors (Lipinski definition) is 2. The lowest BCUT2D eigenvalue weighted by Gasteiger charge is -2.32. The van der Waals surface area contributed by atoms with Crippen LogP contribution >= 0.6 is 0 Å². The van der Waals surface area contributed by atoms with Crippen molar-refractivity contribution in [3.05, 3.63) is 23.8 Å². The van der Waals surface area contributed by atoms with E-state index in [1.807, 2.05) is 6.07 Å². The van der Waals surface area contributed by atoms with Crippen molar-refractivity contribution in [3.63, 3.8) is 0 Å². The maximum Gasteiger partial charge on any atom is 0.0346 e. The molecule has 2 unspecified atom stereocenters. The van der Waals surface area contributed by atoms with Crippen LogP contribution in [0.25, 0.3) is 0 Å². The minimum Gasteiger partial charge on any atom is -0.399 e. The minimum absolute atomic E-state index is 0.622. The van der Waals surface area contributed by atoms with E-state index >= 15 is 0 Å². The van der Waals surface area contributed by atoms with Crippen LogP contribution in [0.1, 0.15) is 38.7 Å². The molecule has 0 saturated heterocycles. The number of rotatable bonds is 2. The molecule has 2 heteroatoms. The van der Waals surface area contributed by atoms with E-state index in [9.17, 15) is 0 Å². The molecule has 0 spiro atoms. The van der Waals surface area contributed by atoms with Crippen LogP contribution in [-0.4, -0.2) is 6.04 Å². The zero-order chi connectivity index (χ0) is 12.4. The molecule has 1 aromatic rings. The van der Waals surface area contributed by atoms with Crippen molar-refractivity contribution in [1.82, 2.24) is 0 Å². The summed E-state index contributed by atoms with van der Waals surface area (Å²) in [5.41, 5.74) is 9.08. The lowest BCUT2D eigenvalue weighted by Crippen LogP contribution is -2.30. The molecule has 0 radical (unpaired) electrons. The summed E-state index contributed by atoms with van der Waals surface area (Å²) in [4.78, 5) is 0. The highest BCUT2D eigenvalue weighted by Crippen LogP contribution is 2.30. The molecule has 1 fully saturated rings. The van der Waals surface area contributed by atoms with Crippen molar-refractivity contribution in [2.24, 2.45) is 11.8 Å². The van der Waals surface area contributed by atoms with E-state index in [1.165, 1.54) is 24.9 Å². The molecule has 0 aliphatic heterocycles. The number of hydrogen-bond donors (Lipinski definition) is 2. The van der Waals surface area contributed by atoms with Crippen LogP contribution in [0.15, 0.2) is 18.2 Å². The average molecular weight is 232 g/mol. The SMILES string of the molecule is Cc1cc(NC2CC(C)CC(C)C2)ccc1N. The number of aryl methyl sites for hydroxylation is 1. The molecule has 2 atom stereocenters. The quantitative estimate of drug-likeness (QED) is 0.761. The minimum atomic E-state index is 0.622. The number of anilines is 2. The van der Waals surface area contributed by atoms with Gasteiger partial charge < -0.3 is 11.1 Å². The van der Waals surface area contributed by atoms with E-state index in [1.54, 1.807) is 0 Å². The van der Waals surface area contributed by atoms with Crippen molar-refractivity contribution in [2.75, 3.05) is 11.1 Å². The number of nitrogen functional groups attached to an aromatic ring is 1. The molecule has 94 valence electrons. The summed E-state index contributed by atoms with van der Waals surface area (Å²) < 4.78 is 0. The Balaban J connectivity index is 2.02. The fourth-order valence-corrected chi connectivity index (χ4v) is 3.07. The largest absolute Gasteiger partial charge is 0.399 e. The first kappa shape index (κ1) is 12.3. The first-order valence-corrected chi connectivity index (χ1v) is 6.67. The molecule has 1 aromatic carbocycles. The molecule has 0 heterocycles. The maximum absolute atomic E-state index is 5.84. The van der Waals surface area contributed by atoms with Crippen LogP contribution in [0.3, 0.4) is 0 Å². The van der Waals surface area contributed by atoms with Crippen LogP contribution < -0.4 is 11.1 Å². The number of nitrogens with one attached hydrogen (secondary N) is 1. The molecule has 1 aliphatic carbocycles. The van der Waals surface area contributed by atoms with Crippen LogP contribution in [-0.2, 0) is 0 Å². The first-order chi connectivity index (χ1) is 8.04. The van der Waals surface area contributed by atoms with Gasteiger partial charge in [0.1, 0.15) is 0 Å². The van der Waals surface area contributed by atoms with Crippen LogP contribution in [0.2, 0.25) is 0 Å². The van der Waals surface area contributed by atoms with Gasteiger partial charge >= 0.3 is 0 Å². The van der Waals surface area contributed by atoms with Crippen molar-refractivity contribution in [3.8, 4) is 0 Å². The summed E-state index contributed by atoms with van der Waals surface area (Å²) in [6.07, 6.45) is 3.94. The molecule has 0 amide bonds. The summed E-state index contributed by atoms with van der Waals surface area (Å²) >= 11 is 0. The van der Waals surface area contributed by atoms with E-state index in [0.717, 1.165) is 23.1 Å². The van der Waals surface area contributed by atoms with Crippen molar-refractivity contribution < 1.29 is 0 Å². The molecule has 1 saturated carbocycles. The van der Waals surface area contributed by atoms with Crippen molar-refractivity contribution >= 4 is 11.4 Å². The Morgan fingerprint density at radius 3 is 2.35 bits per heavy atom. The highest BCUT2D eigenvalue weighted by Gasteiger charge is 2.23. The predicted octanol–water partition coefficient (Wildman–Crippen LogP) is 3.81. The van der Waals surface area contributed by atoms with Gasteiger partial charge in [0.2, 0.25) is 0 Å². The van der Waals surface area contributed by atoms with Gasteiger partial charge in [0.15, 0.2) is 0 Å². The molecule has 3 N–H and O–H groups in total. The zero-order valence-electron chi connectivity index (χ0n) is 11.2. The van der Waals surface area contributed by atoms with Gasteiger partial charge in [-0.1, -0.05) is 13.8 Å². The molecule has 0 bridgehead atoms. The van der Waals surface area contributed by atoms with E-state index in [-0.39, 0.29) is 0 Å². The lowest BCUT2D eigenvalue weighted by atomic mass is 9.80. The number of benzene rings is 1. The summed E-state index contributed by atoms with van der Waals surface area (Å²) in [5.74, 6) is 1.68. The first-order valence-electron chi connectivity index (χ1n) is 6.67. The van der Waals surface area contributed by atoms with Gasteiger partial charge in [-0.3, -0.25) is 0 Å². The molecule has 1 aliphatic rings. The van der Waals surface area contributed by atoms with E-state index in [0.29, 0.717) is 6.04 Å².